The van der Waals surface area contributed by atoms with Crippen molar-refractivity contribution in [3.8, 4) is 0 Å². The van der Waals surface area contributed by atoms with Gasteiger partial charge < -0.3 is 10.4 Å². The van der Waals surface area contributed by atoms with E-state index in [-0.39, 0.29) is 62.1 Å². The molecule has 6 nitrogen and oxygen atoms in total. The third-order valence-corrected chi connectivity index (χ3v) is 3.31. The van der Waals surface area contributed by atoms with E-state index < -0.39 is 0 Å². The van der Waals surface area contributed by atoms with E-state index in [1.165, 1.54) is 0 Å². The molecule has 0 aliphatic carbocycles. The lowest BCUT2D eigenvalue weighted by atomic mass is 10.0. The summed E-state index contributed by atoms with van der Waals surface area (Å²) in [6, 6.07) is -0.0810. The Morgan fingerprint density at radius 2 is 1.89 bits per heavy atom. The maximum Gasteiger partial charge on any atom is 0.229 e. The molecule has 1 atom stereocenters. The SMILES string of the molecule is CC(C)C(CCO)NC(=O)CCN1C(=O)CCC1=O. The van der Waals surface area contributed by atoms with E-state index in [1.54, 1.807) is 0 Å². The molecule has 1 unspecified atom stereocenters. The minimum absolute atomic E-state index is 0.0201. The van der Waals surface area contributed by atoms with Gasteiger partial charge in [0.1, 0.15) is 0 Å². The van der Waals surface area contributed by atoms with Crippen LogP contribution in [0.4, 0.5) is 0 Å². The van der Waals surface area contributed by atoms with Crippen LogP contribution in [-0.2, 0) is 14.4 Å². The summed E-state index contributed by atoms with van der Waals surface area (Å²) < 4.78 is 0. The fourth-order valence-electron chi connectivity index (χ4n) is 2.08. The Kier molecular flexibility index (Phi) is 5.95. The van der Waals surface area contributed by atoms with Gasteiger partial charge in [-0.2, -0.15) is 0 Å². The normalized spacial score (nSPS) is 17.2. The maximum absolute atomic E-state index is 11.8. The van der Waals surface area contributed by atoms with Crippen LogP contribution in [0.15, 0.2) is 0 Å². The number of hydrogen-bond donors (Lipinski definition) is 2. The highest BCUT2D eigenvalue weighted by Crippen LogP contribution is 2.12. The summed E-state index contributed by atoms with van der Waals surface area (Å²) in [5.74, 6) is -0.368. The van der Waals surface area contributed by atoms with Crippen LogP contribution >= 0.6 is 0 Å². The summed E-state index contributed by atoms with van der Waals surface area (Å²) in [5.41, 5.74) is 0. The second kappa shape index (κ2) is 7.23. The van der Waals surface area contributed by atoms with Crippen LogP contribution in [0.3, 0.4) is 0 Å². The van der Waals surface area contributed by atoms with Gasteiger partial charge in [-0.05, 0) is 12.3 Å². The van der Waals surface area contributed by atoms with E-state index in [9.17, 15) is 14.4 Å². The van der Waals surface area contributed by atoms with Gasteiger partial charge in [-0.15, -0.1) is 0 Å². The highest BCUT2D eigenvalue weighted by atomic mass is 16.3. The number of aliphatic hydroxyl groups excluding tert-OH is 1. The predicted molar refractivity (Wildman–Crippen MR) is 69.0 cm³/mol. The molecule has 2 N–H and O–H groups in total. The molecule has 6 heteroatoms. The molecule has 1 rings (SSSR count). The van der Waals surface area contributed by atoms with Gasteiger partial charge in [0.2, 0.25) is 17.7 Å². The van der Waals surface area contributed by atoms with E-state index >= 15 is 0 Å². The number of aliphatic hydroxyl groups is 1. The van der Waals surface area contributed by atoms with Crippen LogP contribution < -0.4 is 5.32 Å². The number of imide groups is 1. The van der Waals surface area contributed by atoms with Crippen LogP contribution in [0.2, 0.25) is 0 Å². The van der Waals surface area contributed by atoms with Gasteiger partial charge in [0.05, 0.1) is 0 Å². The molecular weight excluding hydrogens is 248 g/mol. The zero-order valence-electron chi connectivity index (χ0n) is 11.5. The van der Waals surface area contributed by atoms with E-state index in [2.05, 4.69) is 5.32 Å². The average molecular weight is 270 g/mol. The number of amides is 3. The number of carbonyl (C=O) groups is 3. The van der Waals surface area contributed by atoms with Crippen LogP contribution in [0.25, 0.3) is 0 Å². The number of nitrogens with zero attached hydrogens (tertiary/aromatic N) is 1. The quantitative estimate of drug-likeness (QED) is 0.640. The third-order valence-electron chi connectivity index (χ3n) is 3.31. The molecule has 0 aromatic carbocycles. The van der Waals surface area contributed by atoms with Crippen molar-refractivity contribution in [1.82, 2.24) is 10.2 Å². The Labute approximate surface area is 113 Å². The Morgan fingerprint density at radius 3 is 2.37 bits per heavy atom. The maximum atomic E-state index is 11.8. The van der Waals surface area contributed by atoms with Gasteiger partial charge in [0.25, 0.3) is 0 Å². The van der Waals surface area contributed by atoms with Gasteiger partial charge in [0, 0.05) is 38.5 Å². The minimum Gasteiger partial charge on any atom is -0.396 e. The lowest BCUT2D eigenvalue weighted by Gasteiger charge is -2.22. The van der Waals surface area contributed by atoms with Crippen molar-refractivity contribution >= 4 is 17.7 Å². The molecule has 1 fully saturated rings. The van der Waals surface area contributed by atoms with Gasteiger partial charge >= 0.3 is 0 Å². The fraction of sp³-hybridized carbons (Fsp3) is 0.769. The molecule has 1 heterocycles. The zero-order valence-corrected chi connectivity index (χ0v) is 11.5. The van der Waals surface area contributed by atoms with Crippen LogP contribution in [0.5, 0.6) is 0 Å². The van der Waals surface area contributed by atoms with Crippen LogP contribution in [0, 0.1) is 5.92 Å². The Balaban J connectivity index is 2.38. The molecular formula is C13H22N2O4. The topological polar surface area (TPSA) is 86.7 Å². The van der Waals surface area contributed by atoms with Crippen molar-refractivity contribution in [2.45, 2.75) is 45.6 Å². The van der Waals surface area contributed by atoms with Gasteiger partial charge in [-0.25, -0.2) is 0 Å². The number of carbonyl (C=O) groups excluding carboxylic acids is 3. The standard InChI is InChI=1S/C13H22N2O4/c1-9(2)10(6-8-16)14-11(17)5-7-15-12(18)3-4-13(15)19/h9-10,16H,3-8H2,1-2H3,(H,14,17). The van der Waals surface area contributed by atoms with Gasteiger partial charge in [-0.1, -0.05) is 13.8 Å². The van der Waals surface area contributed by atoms with E-state index in [0.717, 1.165) is 4.90 Å². The summed E-state index contributed by atoms with van der Waals surface area (Å²) >= 11 is 0. The highest BCUT2D eigenvalue weighted by Gasteiger charge is 2.29. The highest BCUT2D eigenvalue weighted by molar-refractivity contribution is 6.02. The lowest BCUT2D eigenvalue weighted by molar-refractivity contribution is -0.138. The summed E-state index contributed by atoms with van der Waals surface area (Å²) in [6.07, 6.45) is 1.12. The van der Waals surface area contributed by atoms with E-state index in [4.69, 9.17) is 5.11 Å². The van der Waals surface area contributed by atoms with Crippen LogP contribution in [0.1, 0.15) is 39.5 Å². The number of likely N-dealkylation sites (tertiary alicyclic amines) is 1. The summed E-state index contributed by atoms with van der Waals surface area (Å²) in [4.78, 5) is 35.7. The average Bonchev–Trinajstić information content (AvgIpc) is 2.66. The molecule has 0 radical (unpaired) electrons. The summed E-state index contributed by atoms with van der Waals surface area (Å²) in [5, 5.41) is 11.7. The molecule has 1 saturated heterocycles. The molecule has 19 heavy (non-hydrogen) atoms. The second-order valence-corrected chi connectivity index (χ2v) is 5.12. The van der Waals surface area contributed by atoms with Gasteiger partial charge in [-0.3, -0.25) is 19.3 Å². The molecule has 3 amide bonds. The number of nitrogens with one attached hydrogen (secondary N) is 1. The largest absolute Gasteiger partial charge is 0.396 e. The van der Waals surface area contributed by atoms with Crippen molar-refractivity contribution < 1.29 is 19.5 Å². The lowest BCUT2D eigenvalue weighted by Crippen LogP contribution is -2.41. The number of hydrogen-bond acceptors (Lipinski definition) is 4. The monoisotopic (exact) mass is 270 g/mol. The van der Waals surface area contributed by atoms with Crippen molar-refractivity contribution in [3.63, 3.8) is 0 Å². The Morgan fingerprint density at radius 1 is 1.32 bits per heavy atom. The summed E-state index contributed by atoms with van der Waals surface area (Å²) in [7, 11) is 0. The first-order valence-electron chi connectivity index (χ1n) is 6.69. The first kappa shape index (κ1) is 15.6. The second-order valence-electron chi connectivity index (χ2n) is 5.12. The van der Waals surface area contributed by atoms with Crippen LogP contribution in [-0.4, -0.2) is 46.9 Å². The smallest absolute Gasteiger partial charge is 0.229 e. The van der Waals surface area contributed by atoms with Crippen molar-refractivity contribution in [2.24, 2.45) is 5.92 Å². The molecule has 0 aromatic heterocycles. The molecule has 0 saturated carbocycles. The molecule has 0 spiro atoms. The Hall–Kier alpha value is -1.43. The molecule has 0 aromatic rings. The van der Waals surface area contributed by atoms with Crippen molar-refractivity contribution in [1.29, 1.82) is 0 Å². The fourth-order valence-corrected chi connectivity index (χ4v) is 2.08. The van der Waals surface area contributed by atoms with Gasteiger partial charge in [0.15, 0.2) is 0 Å². The third kappa shape index (κ3) is 4.63. The zero-order chi connectivity index (χ0) is 14.4. The molecule has 108 valence electrons. The number of rotatable bonds is 7. The summed E-state index contributed by atoms with van der Waals surface area (Å²) in [6.45, 7) is 4.10. The molecule has 0 bridgehead atoms. The molecule has 1 aliphatic rings. The van der Waals surface area contributed by atoms with E-state index in [1.807, 2.05) is 13.8 Å². The first-order chi connectivity index (χ1) is 8.95. The minimum atomic E-state index is -0.200. The Bertz CT molecular complexity index is 339. The van der Waals surface area contributed by atoms with Crippen molar-refractivity contribution in [2.75, 3.05) is 13.2 Å². The molecule has 1 aliphatic heterocycles. The predicted octanol–water partition coefficient (Wildman–Crippen LogP) is 0.0487. The first-order valence-corrected chi connectivity index (χ1v) is 6.69. The van der Waals surface area contributed by atoms with E-state index in [0.29, 0.717) is 6.42 Å². The van der Waals surface area contributed by atoms with Crippen molar-refractivity contribution in [3.05, 3.63) is 0 Å².